The Morgan fingerprint density at radius 1 is 0.913 bits per heavy atom. The number of sulfonamides is 2. The molecule has 0 aliphatic carbocycles. The van der Waals surface area contributed by atoms with Crippen LogP contribution in [0.25, 0.3) is 0 Å². The number of nitrogens with one attached hydrogen (secondary N) is 1. The Kier molecular flexibility index (Phi) is 8.80. The molecule has 1 N–H and O–H groups in total. The second-order valence-corrected chi connectivity index (χ2v) is 8.13. The number of hydrogen-bond donors (Lipinski definition) is 1. The van der Waals surface area contributed by atoms with Crippen LogP contribution >= 0.6 is 0 Å². The minimum Gasteiger partial charge on any atom is -0.306 e. The summed E-state index contributed by atoms with van der Waals surface area (Å²) in [6.07, 6.45) is 2.21. The fraction of sp³-hybridized carbons (Fsp3) is 0.778. The molecule has 0 aromatic carbocycles. The largest absolute Gasteiger partial charge is 0.512 e. The van der Waals surface area contributed by atoms with Gasteiger partial charge in [-0.3, -0.25) is 0 Å². The number of nitrogens with zero attached hydrogens (tertiary/aromatic N) is 1. The number of allylic oxidation sites excluding steroid dienone is 1. The summed E-state index contributed by atoms with van der Waals surface area (Å²) >= 11 is 0. The van der Waals surface area contributed by atoms with E-state index in [2.05, 4.69) is 38.9 Å². The van der Waals surface area contributed by atoms with Gasteiger partial charge in [0.25, 0.3) is 0 Å². The molecule has 0 rings (SSSR count). The van der Waals surface area contributed by atoms with Crippen LogP contribution in [-0.2, 0) is 20.0 Å². The first kappa shape index (κ1) is 24.4. The lowest BCUT2D eigenvalue weighted by Gasteiger charge is -2.11. The van der Waals surface area contributed by atoms with Crippen LogP contribution in [0.4, 0.5) is 26.3 Å². The molecule has 14 heteroatoms. The lowest BCUT2D eigenvalue weighted by Crippen LogP contribution is -2.45. The Balaban J connectivity index is 0. The highest BCUT2D eigenvalue weighted by Crippen LogP contribution is 2.27. The summed E-state index contributed by atoms with van der Waals surface area (Å²) in [7, 11) is -9.06. The third-order valence-corrected chi connectivity index (χ3v) is 4.67. The van der Waals surface area contributed by atoms with Crippen LogP contribution in [-0.4, -0.2) is 53.4 Å². The Hall–Kier alpha value is -0.860. The van der Waals surface area contributed by atoms with E-state index in [0.717, 1.165) is 6.54 Å². The van der Waals surface area contributed by atoms with Crippen molar-refractivity contribution < 1.29 is 43.2 Å². The molecule has 0 saturated carbocycles. The van der Waals surface area contributed by atoms with Gasteiger partial charge in [-0.2, -0.15) is 26.3 Å². The van der Waals surface area contributed by atoms with E-state index in [1.165, 1.54) is 5.57 Å². The molecule has 0 fully saturated rings. The molecule has 0 heterocycles. The van der Waals surface area contributed by atoms with Gasteiger partial charge in [0.2, 0.25) is 0 Å². The molecule has 23 heavy (non-hydrogen) atoms. The van der Waals surface area contributed by atoms with Gasteiger partial charge in [-0.15, -0.1) is 0 Å². The monoisotopic (exact) mass is 394 g/mol. The molecular formula is C9H16F6N2O4S2. The molecule has 0 atom stereocenters. The minimum atomic E-state index is -6.60. The molecule has 0 amide bonds. The van der Waals surface area contributed by atoms with E-state index in [9.17, 15) is 43.2 Å². The average molecular weight is 394 g/mol. The van der Waals surface area contributed by atoms with Crippen molar-refractivity contribution in [1.29, 1.82) is 0 Å². The van der Waals surface area contributed by atoms with Crippen LogP contribution in [0.3, 0.4) is 0 Å². The summed E-state index contributed by atoms with van der Waals surface area (Å²) < 4.78 is 108. The SMILES string of the molecule is CC(C)=CCN(C)C.O=S(=O)(NS(=O)(=O)C(F)(F)F)C(F)(F)F. The zero-order chi connectivity index (χ0) is 19.3. The third-order valence-electron chi connectivity index (χ3n) is 1.69. The molecule has 0 radical (unpaired) electrons. The third kappa shape index (κ3) is 9.78. The average Bonchev–Trinajstić information content (AvgIpc) is 2.22. The summed E-state index contributed by atoms with van der Waals surface area (Å²) in [6.45, 7) is 5.29. The number of halogens is 6. The molecule has 0 aliphatic heterocycles. The smallest absolute Gasteiger partial charge is 0.306 e. The molecule has 0 saturated heterocycles. The highest BCUT2D eigenvalue weighted by Gasteiger charge is 2.55. The number of rotatable bonds is 4. The van der Waals surface area contributed by atoms with Gasteiger partial charge in [0.1, 0.15) is 0 Å². The second kappa shape index (κ2) is 8.30. The highest BCUT2D eigenvalue weighted by atomic mass is 32.3. The van der Waals surface area contributed by atoms with Gasteiger partial charge < -0.3 is 4.90 Å². The predicted octanol–water partition coefficient (Wildman–Crippen LogP) is 1.79. The lowest BCUT2D eigenvalue weighted by atomic mass is 10.3. The zero-order valence-corrected chi connectivity index (χ0v) is 14.1. The topological polar surface area (TPSA) is 83.6 Å². The summed E-state index contributed by atoms with van der Waals surface area (Å²) in [6, 6.07) is 0. The van der Waals surface area contributed by atoms with Crippen LogP contribution in [0.2, 0.25) is 0 Å². The Morgan fingerprint density at radius 3 is 1.35 bits per heavy atom. The van der Waals surface area contributed by atoms with Gasteiger partial charge in [0.05, 0.1) is 0 Å². The first-order valence-corrected chi connectivity index (χ1v) is 8.49. The van der Waals surface area contributed by atoms with Crippen molar-refractivity contribution in [3.63, 3.8) is 0 Å². The van der Waals surface area contributed by atoms with Crippen molar-refractivity contribution in [2.75, 3.05) is 20.6 Å². The molecular weight excluding hydrogens is 378 g/mol. The van der Waals surface area contributed by atoms with E-state index in [1.54, 1.807) is 0 Å². The van der Waals surface area contributed by atoms with E-state index in [4.69, 9.17) is 0 Å². The molecule has 140 valence electrons. The van der Waals surface area contributed by atoms with Gasteiger partial charge in [0.15, 0.2) is 0 Å². The van der Waals surface area contributed by atoms with Gasteiger partial charge >= 0.3 is 31.1 Å². The first-order valence-electron chi connectivity index (χ1n) is 5.52. The van der Waals surface area contributed by atoms with Crippen molar-refractivity contribution in [3.05, 3.63) is 11.6 Å². The number of alkyl halides is 6. The second-order valence-electron chi connectivity index (χ2n) is 4.53. The van der Waals surface area contributed by atoms with Crippen LogP contribution in [0, 0.1) is 0 Å². The Bertz CT molecular complexity index is 559. The summed E-state index contributed by atoms with van der Waals surface area (Å²) in [4.78, 5) is 2.15. The predicted molar refractivity (Wildman–Crippen MR) is 71.1 cm³/mol. The standard InChI is InChI=1S/C7H15N.C2HF6NO4S2/c1-7(2)5-6-8(3)4;3-1(4,5)14(10,11)9-15(12,13)2(6,7)8/h5H,6H2,1-4H3;9H. The molecule has 0 unspecified atom stereocenters. The van der Waals surface area contributed by atoms with Gasteiger partial charge in [-0.25, -0.2) is 16.8 Å². The number of likely N-dealkylation sites (N-methyl/N-ethyl adjacent to an activating group) is 1. The van der Waals surface area contributed by atoms with E-state index < -0.39 is 35.2 Å². The van der Waals surface area contributed by atoms with Crippen LogP contribution < -0.4 is 4.13 Å². The summed E-state index contributed by atoms with van der Waals surface area (Å²) in [5.41, 5.74) is -10.9. The van der Waals surface area contributed by atoms with Gasteiger partial charge in [-0.05, 0) is 27.9 Å². The molecule has 0 aromatic rings. The maximum atomic E-state index is 11.5. The van der Waals surface area contributed by atoms with E-state index in [1.807, 2.05) is 0 Å². The Labute approximate surface area is 130 Å². The van der Waals surface area contributed by atoms with E-state index in [-0.39, 0.29) is 0 Å². The zero-order valence-electron chi connectivity index (χ0n) is 12.4. The summed E-state index contributed by atoms with van der Waals surface area (Å²) in [5.74, 6) is 0. The van der Waals surface area contributed by atoms with Crippen molar-refractivity contribution in [2.24, 2.45) is 0 Å². The molecule has 0 spiro atoms. The fourth-order valence-electron chi connectivity index (χ4n) is 0.604. The lowest BCUT2D eigenvalue weighted by molar-refractivity contribution is -0.0476. The molecule has 0 aromatic heterocycles. The fourth-order valence-corrected chi connectivity index (χ4v) is 2.52. The van der Waals surface area contributed by atoms with Crippen molar-refractivity contribution in [1.82, 2.24) is 9.03 Å². The molecule has 0 bridgehead atoms. The van der Waals surface area contributed by atoms with Gasteiger partial charge in [0, 0.05) is 6.54 Å². The van der Waals surface area contributed by atoms with Crippen LogP contribution in [0.15, 0.2) is 11.6 Å². The molecule has 0 aliphatic rings. The summed E-state index contributed by atoms with van der Waals surface area (Å²) in [5, 5.41) is 0. The van der Waals surface area contributed by atoms with Crippen LogP contribution in [0.1, 0.15) is 13.8 Å². The normalized spacial score (nSPS) is 13.3. The van der Waals surface area contributed by atoms with E-state index in [0.29, 0.717) is 0 Å². The number of hydrogen-bond acceptors (Lipinski definition) is 5. The van der Waals surface area contributed by atoms with E-state index >= 15 is 0 Å². The maximum Gasteiger partial charge on any atom is 0.512 e. The van der Waals surface area contributed by atoms with Crippen molar-refractivity contribution in [2.45, 2.75) is 24.9 Å². The maximum absolute atomic E-state index is 11.5. The highest BCUT2D eigenvalue weighted by molar-refractivity contribution is 8.05. The first-order chi connectivity index (χ1) is 9.83. The quantitative estimate of drug-likeness (QED) is 0.581. The Morgan fingerprint density at radius 2 is 1.22 bits per heavy atom. The molecule has 6 nitrogen and oxygen atoms in total. The van der Waals surface area contributed by atoms with Crippen molar-refractivity contribution in [3.8, 4) is 0 Å². The minimum absolute atomic E-state index is 0.493. The van der Waals surface area contributed by atoms with Crippen LogP contribution in [0.5, 0.6) is 0 Å². The van der Waals surface area contributed by atoms with Crippen molar-refractivity contribution >= 4 is 20.0 Å². The van der Waals surface area contributed by atoms with Gasteiger partial charge in [-0.1, -0.05) is 15.8 Å².